The number of fused-ring (bicyclic) bond motifs is 1. The summed E-state index contributed by atoms with van der Waals surface area (Å²) in [5.41, 5.74) is 2.23. The van der Waals surface area contributed by atoms with Crippen LogP contribution in [0.5, 0.6) is 11.5 Å². The molecular formula is C22H19N3O4. The Balaban J connectivity index is 1.36. The van der Waals surface area contributed by atoms with Gasteiger partial charge in [0.1, 0.15) is 11.4 Å². The summed E-state index contributed by atoms with van der Waals surface area (Å²) in [5, 5.41) is 5.61. The number of rotatable bonds is 6. The highest BCUT2D eigenvalue weighted by Gasteiger charge is 2.15. The lowest BCUT2D eigenvalue weighted by Gasteiger charge is -2.08. The number of pyridine rings is 1. The minimum absolute atomic E-state index is 0.179. The molecule has 1 aromatic heterocycles. The minimum atomic E-state index is -0.361. The summed E-state index contributed by atoms with van der Waals surface area (Å²) in [6.07, 6.45) is 0. The van der Waals surface area contributed by atoms with Crippen molar-refractivity contribution in [2.45, 2.75) is 13.1 Å². The fourth-order valence-electron chi connectivity index (χ4n) is 2.88. The highest BCUT2D eigenvalue weighted by Crippen LogP contribution is 2.32. The van der Waals surface area contributed by atoms with E-state index in [-0.39, 0.29) is 30.0 Å². The van der Waals surface area contributed by atoms with Crippen LogP contribution in [-0.4, -0.2) is 23.6 Å². The Kier molecular flexibility index (Phi) is 5.38. The molecule has 0 saturated heterocycles. The van der Waals surface area contributed by atoms with Crippen molar-refractivity contribution in [3.8, 4) is 11.5 Å². The van der Waals surface area contributed by atoms with Crippen molar-refractivity contribution in [2.24, 2.45) is 0 Å². The van der Waals surface area contributed by atoms with Gasteiger partial charge in [-0.25, -0.2) is 4.98 Å². The molecule has 0 bridgehead atoms. The van der Waals surface area contributed by atoms with Crippen LogP contribution < -0.4 is 20.1 Å². The van der Waals surface area contributed by atoms with Crippen LogP contribution in [0.15, 0.2) is 66.7 Å². The smallest absolute Gasteiger partial charge is 0.270 e. The Morgan fingerprint density at radius 3 is 2.14 bits per heavy atom. The molecule has 0 spiro atoms. The molecule has 0 atom stereocenters. The average Bonchev–Trinajstić information content (AvgIpc) is 3.24. The molecule has 4 rings (SSSR count). The maximum absolute atomic E-state index is 12.4. The lowest BCUT2D eigenvalue weighted by atomic mass is 10.2. The third-order valence-corrected chi connectivity index (χ3v) is 4.40. The molecule has 1 aliphatic heterocycles. The minimum Gasteiger partial charge on any atom is -0.454 e. The molecule has 0 radical (unpaired) electrons. The van der Waals surface area contributed by atoms with Crippen molar-refractivity contribution in [3.63, 3.8) is 0 Å². The molecule has 146 valence electrons. The van der Waals surface area contributed by atoms with Crippen LogP contribution in [0.3, 0.4) is 0 Å². The Morgan fingerprint density at radius 1 is 0.759 bits per heavy atom. The van der Waals surface area contributed by atoms with Crippen LogP contribution >= 0.6 is 0 Å². The summed E-state index contributed by atoms with van der Waals surface area (Å²) in [7, 11) is 0. The van der Waals surface area contributed by atoms with Gasteiger partial charge in [-0.05, 0) is 35.4 Å². The van der Waals surface area contributed by atoms with Gasteiger partial charge in [-0.2, -0.15) is 0 Å². The van der Waals surface area contributed by atoms with Gasteiger partial charge in [0.25, 0.3) is 11.8 Å². The summed E-state index contributed by atoms with van der Waals surface area (Å²) in [6.45, 7) is 0.900. The quantitative estimate of drug-likeness (QED) is 0.677. The van der Waals surface area contributed by atoms with Crippen LogP contribution in [0.25, 0.3) is 0 Å². The first-order valence-corrected chi connectivity index (χ1v) is 9.15. The summed E-state index contributed by atoms with van der Waals surface area (Å²) in [6, 6.07) is 19.9. The first-order valence-electron chi connectivity index (χ1n) is 9.15. The number of aromatic nitrogens is 1. The second kappa shape index (κ2) is 8.43. The molecule has 1 aliphatic rings. The third-order valence-electron chi connectivity index (χ3n) is 4.40. The topological polar surface area (TPSA) is 89.6 Å². The maximum Gasteiger partial charge on any atom is 0.270 e. The van der Waals surface area contributed by atoms with Crippen molar-refractivity contribution < 1.29 is 19.1 Å². The van der Waals surface area contributed by atoms with Gasteiger partial charge in [-0.3, -0.25) is 9.59 Å². The number of ether oxygens (including phenoxy) is 2. The Bertz CT molecular complexity index is 1040. The molecule has 2 heterocycles. The predicted molar refractivity (Wildman–Crippen MR) is 106 cm³/mol. The van der Waals surface area contributed by atoms with Gasteiger partial charge in [0, 0.05) is 13.1 Å². The van der Waals surface area contributed by atoms with Gasteiger partial charge >= 0.3 is 0 Å². The third kappa shape index (κ3) is 4.52. The van der Waals surface area contributed by atoms with E-state index in [0.717, 1.165) is 11.1 Å². The van der Waals surface area contributed by atoms with Gasteiger partial charge in [-0.1, -0.05) is 42.5 Å². The zero-order valence-corrected chi connectivity index (χ0v) is 15.6. The first kappa shape index (κ1) is 18.5. The fourth-order valence-corrected chi connectivity index (χ4v) is 2.88. The van der Waals surface area contributed by atoms with Crippen LogP contribution in [0.1, 0.15) is 32.1 Å². The summed E-state index contributed by atoms with van der Waals surface area (Å²) in [5.74, 6) is 0.655. The Labute approximate surface area is 167 Å². The van der Waals surface area contributed by atoms with Crippen LogP contribution in [0.4, 0.5) is 0 Å². The van der Waals surface area contributed by atoms with Crippen molar-refractivity contribution >= 4 is 11.8 Å². The second-order valence-corrected chi connectivity index (χ2v) is 6.45. The number of carbonyl (C=O) groups excluding carboxylic acids is 2. The number of carbonyl (C=O) groups is 2. The van der Waals surface area contributed by atoms with Gasteiger partial charge in [-0.15, -0.1) is 0 Å². The number of hydrogen-bond donors (Lipinski definition) is 2. The molecule has 0 saturated carbocycles. The molecule has 3 aromatic rings. The lowest BCUT2D eigenvalue weighted by Crippen LogP contribution is -2.27. The Morgan fingerprint density at radius 2 is 1.41 bits per heavy atom. The Hall–Kier alpha value is -3.87. The van der Waals surface area contributed by atoms with E-state index >= 15 is 0 Å². The van der Waals surface area contributed by atoms with Crippen LogP contribution in [0.2, 0.25) is 0 Å². The molecule has 29 heavy (non-hydrogen) atoms. The molecule has 2 amide bonds. The van der Waals surface area contributed by atoms with E-state index in [1.165, 1.54) is 0 Å². The van der Waals surface area contributed by atoms with Gasteiger partial charge in [0.15, 0.2) is 11.5 Å². The number of nitrogens with one attached hydrogen (secondary N) is 2. The average molecular weight is 389 g/mol. The molecule has 7 nitrogen and oxygen atoms in total. The molecule has 0 fully saturated rings. The van der Waals surface area contributed by atoms with E-state index < -0.39 is 0 Å². The van der Waals surface area contributed by atoms with E-state index in [9.17, 15) is 9.59 Å². The molecule has 0 unspecified atom stereocenters. The standard InChI is InChI=1S/C22H19N3O4/c26-21(23-12-15-5-2-1-3-6-15)17-7-4-8-18(25-17)22(27)24-13-16-9-10-19-20(11-16)29-14-28-19/h1-11H,12-14H2,(H,23,26)(H,24,27). The highest BCUT2D eigenvalue weighted by molar-refractivity contribution is 5.96. The van der Waals surface area contributed by atoms with E-state index in [0.29, 0.717) is 24.6 Å². The SMILES string of the molecule is O=C(NCc1ccccc1)c1cccc(C(=O)NCc2ccc3c(c2)OCO3)n1. The number of nitrogens with zero attached hydrogens (tertiary/aromatic N) is 1. The summed E-state index contributed by atoms with van der Waals surface area (Å²) in [4.78, 5) is 29.0. The molecular weight excluding hydrogens is 370 g/mol. The zero-order chi connectivity index (χ0) is 20.1. The first-order chi connectivity index (χ1) is 14.2. The largest absolute Gasteiger partial charge is 0.454 e. The van der Waals surface area contributed by atoms with Gasteiger partial charge in [0.2, 0.25) is 6.79 Å². The van der Waals surface area contributed by atoms with E-state index in [1.54, 1.807) is 24.3 Å². The number of benzene rings is 2. The number of amides is 2. The van der Waals surface area contributed by atoms with E-state index in [4.69, 9.17) is 9.47 Å². The van der Waals surface area contributed by atoms with E-state index in [1.807, 2.05) is 42.5 Å². The lowest BCUT2D eigenvalue weighted by molar-refractivity contribution is 0.0941. The van der Waals surface area contributed by atoms with Crippen molar-refractivity contribution in [1.82, 2.24) is 15.6 Å². The molecule has 7 heteroatoms. The van der Waals surface area contributed by atoms with Crippen molar-refractivity contribution in [1.29, 1.82) is 0 Å². The van der Waals surface area contributed by atoms with Crippen molar-refractivity contribution in [2.75, 3.05) is 6.79 Å². The molecule has 2 aromatic carbocycles. The normalized spacial score (nSPS) is 11.7. The van der Waals surface area contributed by atoms with Gasteiger partial charge < -0.3 is 20.1 Å². The fraction of sp³-hybridized carbons (Fsp3) is 0.136. The monoisotopic (exact) mass is 389 g/mol. The van der Waals surface area contributed by atoms with Crippen molar-refractivity contribution in [3.05, 3.63) is 89.2 Å². The predicted octanol–water partition coefficient (Wildman–Crippen LogP) is 2.67. The van der Waals surface area contributed by atoms with Crippen LogP contribution in [-0.2, 0) is 13.1 Å². The van der Waals surface area contributed by atoms with Gasteiger partial charge in [0.05, 0.1) is 0 Å². The highest BCUT2D eigenvalue weighted by atomic mass is 16.7. The molecule has 2 N–H and O–H groups in total. The molecule has 0 aliphatic carbocycles. The summed E-state index contributed by atoms with van der Waals surface area (Å²) >= 11 is 0. The second-order valence-electron chi connectivity index (χ2n) is 6.45. The maximum atomic E-state index is 12.4. The summed E-state index contributed by atoms with van der Waals surface area (Å²) < 4.78 is 10.6. The number of hydrogen-bond acceptors (Lipinski definition) is 5. The zero-order valence-electron chi connectivity index (χ0n) is 15.6. The van der Waals surface area contributed by atoms with E-state index in [2.05, 4.69) is 15.6 Å². The van der Waals surface area contributed by atoms with Crippen LogP contribution in [0, 0.1) is 0 Å².